The molecule has 23 heavy (non-hydrogen) atoms. The minimum atomic E-state index is -1.36. The van der Waals surface area contributed by atoms with Gasteiger partial charge in [-0.25, -0.2) is 4.79 Å². The fourth-order valence-electron chi connectivity index (χ4n) is 2.29. The molecule has 1 aromatic rings. The Hall–Kier alpha value is -2.30. The first-order chi connectivity index (χ1) is 10.8. The summed E-state index contributed by atoms with van der Waals surface area (Å²) < 4.78 is 11.3. The maximum atomic E-state index is 12.0. The SMILES string of the molecule is CC(=O)Nc1ccn([C@@H]2O[C@H](CO)[C@@H](OC(C)=O)[C@H]2O)c(=O)n1. The molecule has 1 amide bonds. The van der Waals surface area contributed by atoms with Gasteiger partial charge >= 0.3 is 11.7 Å². The number of rotatable bonds is 4. The van der Waals surface area contributed by atoms with Crippen molar-refractivity contribution in [3.05, 3.63) is 22.7 Å². The van der Waals surface area contributed by atoms with Gasteiger partial charge in [0.1, 0.15) is 18.0 Å². The molecule has 0 radical (unpaired) electrons. The van der Waals surface area contributed by atoms with Gasteiger partial charge in [0.2, 0.25) is 5.91 Å². The van der Waals surface area contributed by atoms with Crippen molar-refractivity contribution in [3.63, 3.8) is 0 Å². The van der Waals surface area contributed by atoms with Crippen LogP contribution in [0.1, 0.15) is 20.1 Å². The lowest BCUT2D eigenvalue weighted by molar-refractivity contribution is -0.153. The number of aromatic nitrogens is 2. The van der Waals surface area contributed by atoms with Crippen molar-refractivity contribution < 1.29 is 29.3 Å². The lowest BCUT2D eigenvalue weighted by Gasteiger charge is -2.19. The van der Waals surface area contributed by atoms with Crippen LogP contribution >= 0.6 is 0 Å². The molecule has 0 saturated carbocycles. The molecule has 126 valence electrons. The third-order valence-electron chi connectivity index (χ3n) is 3.20. The molecule has 10 heteroatoms. The van der Waals surface area contributed by atoms with E-state index in [0.29, 0.717) is 0 Å². The Morgan fingerprint density at radius 2 is 2.17 bits per heavy atom. The van der Waals surface area contributed by atoms with E-state index in [4.69, 9.17) is 9.47 Å². The van der Waals surface area contributed by atoms with E-state index in [1.807, 2.05) is 0 Å². The van der Waals surface area contributed by atoms with Gasteiger partial charge in [0, 0.05) is 20.0 Å². The van der Waals surface area contributed by atoms with Crippen molar-refractivity contribution in [1.29, 1.82) is 0 Å². The fourth-order valence-corrected chi connectivity index (χ4v) is 2.29. The Morgan fingerprint density at radius 1 is 1.48 bits per heavy atom. The van der Waals surface area contributed by atoms with Crippen LogP contribution in [0.25, 0.3) is 0 Å². The van der Waals surface area contributed by atoms with Crippen LogP contribution in [-0.2, 0) is 19.1 Å². The highest BCUT2D eigenvalue weighted by Crippen LogP contribution is 2.30. The number of ether oxygens (including phenoxy) is 2. The van der Waals surface area contributed by atoms with Crippen LogP contribution in [0.3, 0.4) is 0 Å². The lowest BCUT2D eigenvalue weighted by atomic mass is 10.1. The molecule has 1 aliphatic heterocycles. The van der Waals surface area contributed by atoms with Crippen LogP contribution < -0.4 is 11.0 Å². The summed E-state index contributed by atoms with van der Waals surface area (Å²) in [6.07, 6.45) is -3.34. The zero-order valence-corrected chi connectivity index (χ0v) is 12.5. The molecule has 3 N–H and O–H groups in total. The number of hydrogen-bond acceptors (Lipinski definition) is 8. The summed E-state index contributed by atoms with van der Waals surface area (Å²) in [5.41, 5.74) is -0.777. The smallest absolute Gasteiger partial charge is 0.351 e. The van der Waals surface area contributed by atoms with Gasteiger partial charge in [-0.1, -0.05) is 0 Å². The van der Waals surface area contributed by atoms with Crippen LogP contribution in [0.5, 0.6) is 0 Å². The summed E-state index contributed by atoms with van der Waals surface area (Å²) in [7, 11) is 0. The lowest BCUT2D eigenvalue weighted by Crippen LogP contribution is -2.38. The third kappa shape index (κ3) is 3.73. The Balaban J connectivity index is 2.26. The van der Waals surface area contributed by atoms with E-state index < -0.39 is 42.8 Å². The summed E-state index contributed by atoms with van der Waals surface area (Å²) in [5, 5.41) is 21.8. The van der Waals surface area contributed by atoms with Gasteiger partial charge in [-0.3, -0.25) is 14.2 Å². The molecular formula is C13H17N3O7. The van der Waals surface area contributed by atoms with E-state index in [0.717, 1.165) is 11.5 Å². The zero-order valence-electron chi connectivity index (χ0n) is 12.5. The van der Waals surface area contributed by atoms with E-state index >= 15 is 0 Å². The van der Waals surface area contributed by atoms with E-state index in [1.54, 1.807) is 0 Å². The maximum Gasteiger partial charge on any atom is 0.351 e. The molecule has 1 fully saturated rings. The second-order valence-electron chi connectivity index (χ2n) is 5.00. The molecule has 0 bridgehead atoms. The topological polar surface area (TPSA) is 140 Å². The van der Waals surface area contributed by atoms with Crippen molar-refractivity contribution in [1.82, 2.24) is 9.55 Å². The number of carbonyl (C=O) groups is 2. The molecular weight excluding hydrogens is 310 g/mol. The number of nitrogens with zero attached hydrogens (tertiary/aromatic N) is 2. The number of anilines is 1. The first-order valence-electron chi connectivity index (χ1n) is 6.82. The van der Waals surface area contributed by atoms with Gasteiger partial charge < -0.3 is 25.0 Å². The van der Waals surface area contributed by atoms with Crippen molar-refractivity contribution in [3.8, 4) is 0 Å². The molecule has 2 rings (SSSR count). The zero-order chi connectivity index (χ0) is 17.1. The fraction of sp³-hybridized carbons (Fsp3) is 0.538. The maximum absolute atomic E-state index is 12.0. The molecule has 0 unspecified atom stereocenters. The summed E-state index contributed by atoms with van der Waals surface area (Å²) in [5.74, 6) is -0.980. The highest BCUT2D eigenvalue weighted by molar-refractivity contribution is 5.87. The Morgan fingerprint density at radius 3 is 2.70 bits per heavy atom. The van der Waals surface area contributed by atoms with Crippen LogP contribution in [0.2, 0.25) is 0 Å². The second kappa shape index (κ2) is 6.86. The molecule has 1 saturated heterocycles. The molecule has 10 nitrogen and oxygen atoms in total. The first kappa shape index (κ1) is 17.1. The van der Waals surface area contributed by atoms with Gasteiger partial charge in [0.25, 0.3) is 0 Å². The average molecular weight is 327 g/mol. The summed E-state index contributed by atoms with van der Waals surface area (Å²) in [6, 6.07) is 1.35. The second-order valence-corrected chi connectivity index (χ2v) is 5.00. The van der Waals surface area contributed by atoms with E-state index in [2.05, 4.69) is 10.3 Å². The summed E-state index contributed by atoms with van der Waals surface area (Å²) in [6.45, 7) is 1.93. The van der Waals surface area contributed by atoms with Crippen molar-refractivity contribution in [2.75, 3.05) is 11.9 Å². The number of esters is 1. The number of aliphatic hydroxyl groups excluding tert-OH is 2. The van der Waals surface area contributed by atoms with Crippen LogP contribution in [0.15, 0.2) is 17.1 Å². The predicted molar refractivity (Wildman–Crippen MR) is 75.4 cm³/mol. The average Bonchev–Trinajstić information content (AvgIpc) is 2.75. The van der Waals surface area contributed by atoms with Gasteiger partial charge in [0.05, 0.1) is 6.61 Å². The normalized spacial score (nSPS) is 26.8. The number of hydrogen-bond donors (Lipinski definition) is 3. The van der Waals surface area contributed by atoms with E-state index in [1.165, 1.54) is 19.2 Å². The number of nitrogens with one attached hydrogen (secondary N) is 1. The Labute approximate surface area is 130 Å². The van der Waals surface area contributed by atoms with Crippen LogP contribution in [0, 0.1) is 0 Å². The first-order valence-corrected chi connectivity index (χ1v) is 6.82. The van der Waals surface area contributed by atoms with Crippen molar-refractivity contribution in [2.45, 2.75) is 38.4 Å². The minimum Gasteiger partial charge on any atom is -0.457 e. The summed E-state index contributed by atoms with van der Waals surface area (Å²) in [4.78, 5) is 37.7. The predicted octanol–water partition coefficient (Wildman–Crippen LogP) is -1.62. The van der Waals surface area contributed by atoms with Crippen LogP contribution in [-0.4, -0.2) is 56.6 Å². The van der Waals surface area contributed by atoms with Crippen molar-refractivity contribution >= 4 is 17.7 Å². The van der Waals surface area contributed by atoms with Gasteiger partial charge in [0.15, 0.2) is 12.3 Å². The molecule has 1 aromatic heterocycles. The minimum absolute atomic E-state index is 0.0569. The molecule has 2 heterocycles. The van der Waals surface area contributed by atoms with Gasteiger partial charge in [-0.2, -0.15) is 4.98 Å². The summed E-state index contributed by atoms with van der Waals surface area (Å²) >= 11 is 0. The van der Waals surface area contributed by atoms with Gasteiger partial charge in [-0.15, -0.1) is 0 Å². The van der Waals surface area contributed by atoms with E-state index in [9.17, 15) is 24.6 Å². The molecule has 4 atom stereocenters. The van der Waals surface area contributed by atoms with Crippen molar-refractivity contribution in [2.24, 2.45) is 0 Å². The largest absolute Gasteiger partial charge is 0.457 e. The Kier molecular flexibility index (Phi) is 5.08. The Bertz CT molecular complexity index is 659. The third-order valence-corrected chi connectivity index (χ3v) is 3.20. The van der Waals surface area contributed by atoms with Gasteiger partial charge in [-0.05, 0) is 6.07 Å². The highest BCUT2D eigenvalue weighted by Gasteiger charge is 2.47. The van der Waals surface area contributed by atoms with E-state index in [-0.39, 0.29) is 11.7 Å². The molecule has 0 aromatic carbocycles. The number of carbonyl (C=O) groups excluding carboxylic acids is 2. The number of amides is 1. The highest BCUT2D eigenvalue weighted by atomic mass is 16.6. The molecule has 0 aliphatic carbocycles. The molecule has 0 spiro atoms. The quantitative estimate of drug-likeness (QED) is 0.561. The number of aliphatic hydroxyl groups is 2. The monoisotopic (exact) mass is 327 g/mol. The van der Waals surface area contributed by atoms with Crippen LogP contribution in [0.4, 0.5) is 5.82 Å². The standard InChI is InChI=1S/C13H17N3O7/c1-6(18)14-9-3-4-16(13(21)15-9)12-10(20)11(22-7(2)19)8(5-17)23-12/h3-4,8,10-12,17,20H,5H2,1-2H3,(H,14,15,18,21)/t8-,10-,11-,12-/m1/s1. The molecule has 1 aliphatic rings.